The molecule has 0 N–H and O–H groups in total. The minimum Gasteiger partial charge on any atom is -0.496 e. The van der Waals surface area contributed by atoms with Crippen LogP contribution in [0.2, 0.25) is 0 Å². The van der Waals surface area contributed by atoms with Gasteiger partial charge in [-0.3, -0.25) is 4.79 Å². The Morgan fingerprint density at radius 1 is 1.08 bits per heavy atom. The fourth-order valence-corrected chi connectivity index (χ4v) is 2.69. The molecule has 6 heteroatoms. The van der Waals surface area contributed by atoms with Crippen LogP contribution in [0.5, 0.6) is 5.75 Å². The number of carbonyl (C=O) groups is 2. The van der Waals surface area contributed by atoms with Gasteiger partial charge in [-0.25, -0.2) is 4.79 Å². The number of rotatable bonds is 3. The number of methoxy groups -OCH3 is 1. The number of amides is 2. The molecule has 6 nitrogen and oxygen atoms in total. The van der Waals surface area contributed by atoms with Crippen LogP contribution in [0.1, 0.15) is 31.9 Å². The van der Waals surface area contributed by atoms with Crippen molar-refractivity contribution < 1.29 is 19.1 Å². The summed E-state index contributed by atoms with van der Waals surface area (Å²) in [5, 5.41) is 0. The zero-order valence-corrected chi connectivity index (χ0v) is 16.2. The van der Waals surface area contributed by atoms with Crippen LogP contribution in [-0.2, 0) is 9.53 Å². The van der Waals surface area contributed by atoms with Crippen molar-refractivity contribution in [3.8, 4) is 5.75 Å². The van der Waals surface area contributed by atoms with Crippen LogP contribution >= 0.6 is 0 Å². The molecule has 0 atom stereocenters. The lowest BCUT2D eigenvalue weighted by Crippen LogP contribution is -2.51. The van der Waals surface area contributed by atoms with Crippen LogP contribution in [0, 0.1) is 6.92 Å². The van der Waals surface area contributed by atoms with Crippen LogP contribution < -0.4 is 4.74 Å². The van der Waals surface area contributed by atoms with Crippen molar-refractivity contribution >= 4 is 18.1 Å². The number of carbonyl (C=O) groups excluding carboxylic acids is 2. The van der Waals surface area contributed by atoms with Gasteiger partial charge < -0.3 is 19.3 Å². The van der Waals surface area contributed by atoms with E-state index in [1.54, 1.807) is 29.1 Å². The lowest BCUT2D eigenvalue weighted by Gasteiger charge is -2.35. The molecule has 1 aliphatic heterocycles. The first-order chi connectivity index (χ1) is 12.2. The first kappa shape index (κ1) is 19.8. The molecular weight excluding hydrogens is 332 g/mol. The fourth-order valence-electron chi connectivity index (χ4n) is 2.69. The largest absolute Gasteiger partial charge is 0.496 e. The van der Waals surface area contributed by atoms with Crippen LogP contribution in [0.25, 0.3) is 6.08 Å². The smallest absolute Gasteiger partial charge is 0.410 e. The van der Waals surface area contributed by atoms with E-state index in [4.69, 9.17) is 9.47 Å². The molecule has 1 fully saturated rings. The van der Waals surface area contributed by atoms with Gasteiger partial charge in [0, 0.05) is 37.8 Å². The topological polar surface area (TPSA) is 59.1 Å². The molecule has 1 heterocycles. The zero-order chi connectivity index (χ0) is 19.3. The summed E-state index contributed by atoms with van der Waals surface area (Å²) in [4.78, 5) is 27.9. The summed E-state index contributed by atoms with van der Waals surface area (Å²) in [6.07, 6.45) is 3.00. The van der Waals surface area contributed by atoms with Crippen LogP contribution in [0.3, 0.4) is 0 Å². The Bertz CT molecular complexity index is 684. The maximum Gasteiger partial charge on any atom is 0.410 e. The third-order valence-corrected chi connectivity index (χ3v) is 4.03. The predicted octanol–water partition coefficient (Wildman–Crippen LogP) is 3.10. The number of nitrogens with zero attached hydrogens (tertiary/aromatic N) is 2. The van der Waals surface area contributed by atoms with Crippen LogP contribution in [0.4, 0.5) is 4.79 Å². The third-order valence-electron chi connectivity index (χ3n) is 4.03. The van der Waals surface area contributed by atoms with Crippen molar-refractivity contribution in [2.24, 2.45) is 0 Å². The average molecular weight is 360 g/mol. The number of ether oxygens (including phenoxy) is 2. The predicted molar refractivity (Wildman–Crippen MR) is 101 cm³/mol. The van der Waals surface area contributed by atoms with E-state index < -0.39 is 5.60 Å². The monoisotopic (exact) mass is 360 g/mol. The molecule has 1 aromatic carbocycles. The highest BCUT2D eigenvalue weighted by atomic mass is 16.6. The van der Waals surface area contributed by atoms with Gasteiger partial charge >= 0.3 is 6.09 Å². The third kappa shape index (κ3) is 5.51. The lowest BCUT2D eigenvalue weighted by atomic mass is 10.1. The molecule has 0 bridgehead atoms. The molecule has 1 aromatic rings. The normalized spacial score (nSPS) is 15.3. The average Bonchev–Trinajstić information content (AvgIpc) is 2.58. The Kier molecular flexibility index (Phi) is 6.29. The van der Waals surface area contributed by atoms with E-state index in [2.05, 4.69) is 0 Å². The highest BCUT2D eigenvalue weighted by molar-refractivity contribution is 5.92. The van der Waals surface area contributed by atoms with Gasteiger partial charge in [-0.15, -0.1) is 0 Å². The SMILES string of the molecule is COc1ccc(C)cc1/C=C/C(=O)N1CCN(C(=O)OC(C)(C)C)CC1. The van der Waals surface area contributed by atoms with Gasteiger partial charge in [0.05, 0.1) is 7.11 Å². The summed E-state index contributed by atoms with van der Waals surface area (Å²) in [7, 11) is 1.61. The molecule has 1 aliphatic rings. The second kappa shape index (κ2) is 8.25. The first-order valence-electron chi connectivity index (χ1n) is 8.79. The summed E-state index contributed by atoms with van der Waals surface area (Å²) in [6, 6.07) is 5.83. The Morgan fingerprint density at radius 2 is 1.69 bits per heavy atom. The van der Waals surface area contributed by atoms with Gasteiger partial charge in [0.2, 0.25) is 5.91 Å². The molecule has 0 aromatic heterocycles. The number of benzene rings is 1. The van der Waals surface area contributed by atoms with E-state index in [-0.39, 0.29) is 12.0 Å². The van der Waals surface area contributed by atoms with Crippen molar-refractivity contribution in [2.75, 3.05) is 33.3 Å². The molecule has 0 aliphatic carbocycles. The summed E-state index contributed by atoms with van der Waals surface area (Å²) >= 11 is 0. The maximum absolute atomic E-state index is 12.4. The molecule has 0 unspecified atom stereocenters. The van der Waals surface area contributed by atoms with Gasteiger partial charge in [0.15, 0.2) is 0 Å². The summed E-state index contributed by atoms with van der Waals surface area (Å²) in [5.41, 5.74) is 1.46. The molecular formula is C20H28N2O4. The maximum atomic E-state index is 12.4. The molecule has 0 spiro atoms. The van der Waals surface area contributed by atoms with Crippen LogP contribution in [-0.4, -0.2) is 60.7 Å². The Balaban J connectivity index is 1.92. The molecule has 2 rings (SSSR count). The molecule has 0 radical (unpaired) electrons. The fraction of sp³-hybridized carbons (Fsp3) is 0.500. The first-order valence-corrected chi connectivity index (χ1v) is 8.79. The number of hydrogen-bond acceptors (Lipinski definition) is 4. The van der Waals surface area contributed by atoms with Crippen molar-refractivity contribution in [1.29, 1.82) is 0 Å². The molecule has 1 saturated heterocycles. The van der Waals surface area contributed by atoms with Gasteiger partial charge in [0.1, 0.15) is 11.4 Å². The Hall–Kier alpha value is -2.50. The quantitative estimate of drug-likeness (QED) is 0.777. The Morgan fingerprint density at radius 3 is 2.27 bits per heavy atom. The lowest BCUT2D eigenvalue weighted by molar-refractivity contribution is -0.127. The van der Waals surface area contributed by atoms with Crippen molar-refractivity contribution in [3.05, 3.63) is 35.4 Å². The minimum absolute atomic E-state index is 0.0719. The van der Waals surface area contributed by atoms with E-state index >= 15 is 0 Å². The standard InChI is InChI=1S/C20H28N2O4/c1-15-6-8-17(25-5)16(14-15)7-9-18(23)21-10-12-22(13-11-21)19(24)26-20(2,3)4/h6-9,14H,10-13H2,1-5H3/b9-7+. The molecule has 2 amide bonds. The Labute approximate surface area is 155 Å². The summed E-state index contributed by atoms with van der Waals surface area (Å²) in [5.74, 6) is 0.659. The summed E-state index contributed by atoms with van der Waals surface area (Å²) < 4.78 is 10.7. The van der Waals surface area contributed by atoms with Crippen molar-refractivity contribution in [1.82, 2.24) is 9.80 Å². The van der Waals surface area contributed by atoms with Gasteiger partial charge in [-0.2, -0.15) is 0 Å². The molecule has 142 valence electrons. The number of piperazine rings is 1. The van der Waals surface area contributed by atoms with E-state index in [0.717, 1.165) is 16.9 Å². The van der Waals surface area contributed by atoms with Gasteiger partial charge in [-0.1, -0.05) is 11.6 Å². The second-order valence-electron chi connectivity index (χ2n) is 7.37. The second-order valence-corrected chi connectivity index (χ2v) is 7.37. The van der Waals surface area contributed by atoms with E-state index in [9.17, 15) is 9.59 Å². The number of hydrogen-bond donors (Lipinski definition) is 0. The van der Waals surface area contributed by atoms with Gasteiger partial charge in [-0.05, 0) is 45.9 Å². The van der Waals surface area contributed by atoms with E-state index in [0.29, 0.717) is 26.2 Å². The highest BCUT2D eigenvalue weighted by Crippen LogP contribution is 2.21. The van der Waals surface area contributed by atoms with Crippen molar-refractivity contribution in [3.63, 3.8) is 0 Å². The highest BCUT2D eigenvalue weighted by Gasteiger charge is 2.26. The van der Waals surface area contributed by atoms with Gasteiger partial charge in [0.25, 0.3) is 0 Å². The van der Waals surface area contributed by atoms with Crippen LogP contribution in [0.15, 0.2) is 24.3 Å². The zero-order valence-electron chi connectivity index (χ0n) is 16.2. The molecule has 0 saturated carbocycles. The summed E-state index contributed by atoms with van der Waals surface area (Å²) in [6.45, 7) is 9.46. The van der Waals surface area contributed by atoms with E-state index in [1.165, 1.54) is 0 Å². The molecule has 26 heavy (non-hydrogen) atoms. The van der Waals surface area contributed by atoms with E-state index in [1.807, 2.05) is 45.9 Å². The number of aryl methyl sites for hydroxylation is 1. The minimum atomic E-state index is -0.514. The van der Waals surface area contributed by atoms with Crippen molar-refractivity contribution in [2.45, 2.75) is 33.3 Å².